The lowest BCUT2D eigenvalue weighted by Gasteiger charge is -2.30. The Morgan fingerprint density at radius 2 is 1.67 bits per heavy atom. The second kappa shape index (κ2) is 10.4. The second-order valence-corrected chi connectivity index (χ2v) is 6.14. The van der Waals surface area contributed by atoms with Crippen molar-refractivity contribution in [1.29, 1.82) is 0 Å². The highest BCUT2D eigenvalue weighted by molar-refractivity contribution is 5.86. The molecule has 142 valence electrons. The molecule has 0 aromatic carbocycles. The first-order chi connectivity index (χ1) is 11.0. The quantitative estimate of drug-likeness (QED) is 0.510. The first kappa shape index (κ1) is 22.5. The Hall–Kier alpha value is -1.51. The van der Waals surface area contributed by atoms with E-state index in [-0.39, 0.29) is 6.54 Å². The summed E-state index contributed by atoms with van der Waals surface area (Å²) in [7, 11) is 2.67. The van der Waals surface area contributed by atoms with E-state index in [2.05, 4.69) is 48.2 Å². The van der Waals surface area contributed by atoms with Gasteiger partial charge in [-0.3, -0.25) is 14.7 Å². The summed E-state index contributed by atoms with van der Waals surface area (Å²) in [5.41, 5.74) is 0. The number of likely N-dealkylation sites (N-methyl/N-ethyl adjacent to an activating group) is 1. The Balaban J connectivity index is 4.27. The first-order valence-electron chi connectivity index (χ1n) is 7.99. The second-order valence-electron chi connectivity index (χ2n) is 6.14. The van der Waals surface area contributed by atoms with E-state index in [4.69, 9.17) is 0 Å². The average molecular weight is 353 g/mol. The molecule has 0 unspecified atom stereocenters. The van der Waals surface area contributed by atoms with Crippen LogP contribution in [0.25, 0.3) is 0 Å². The van der Waals surface area contributed by atoms with Crippen LogP contribution in [0.4, 0.5) is 13.2 Å². The minimum atomic E-state index is -4.40. The summed E-state index contributed by atoms with van der Waals surface area (Å²) < 4.78 is 36.7. The predicted molar refractivity (Wildman–Crippen MR) is 90.0 cm³/mol. The molecule has 0 rings (SSSR count). The van der Waals surface area contributed by atoms with Crippen molar-refractivity contribution in [3.63, 3.8) is 0 Å². The summed E-state index contributed by atoms with van der Waals surface area (Å²) in [6, 6.07) is 0.804. The van der Waals surface area contributed by atoms with Crippen LogP contribution >= 0.6 is 0 Å². The number of alkyl halides is 3. The Bertz CT molecular complexity index is 402. The van der Waals surface area contributed by atoms with Gasteiger partial charge in [0.25, 0.3) is 0 Å². The number of hydrogen-bond acceptors (Lipinski definition) is 3. The minimum absolute atomic E-state index is 0.246. The van der Waals surface area contributed by atoms with Crippen LogP contribution in [-0.4, -0.2) is 80.2 Å². The highest BCUT2D eigenvalue weighted by atomic mass is 19.4. The SMILES string of the molecule is CN=C(NCCN(C(C)C)C(C)C)NCC(=O)N(C)CC(F)(F)F. The molecule has 0 bridgehead atoms. The van der Waals surface area contributed by atoms with Crippen LogP contribution in [-0.2, 0) is 4.79 Å². The third kappa shape index (κ3) is 9.59. The van der Waals surface area contributed by atoms with Gasteiger partial charge in [-0.25, -0.2) is 0 Å². The van der Waals surface area contributed by atoms with Crippen molar-refractivity contribution < 1.29 is 18.0 Å². The van der Waals surface area contributed by atoms with Crippen molar-refractivity contribution >= 4 is 11.9 Å². The zero-order valence-corrected chi connectivity index (χ0v) is 15.4. The Morgan fingerprint density at radius 3 is 2.08 bits per heavy atom. The number of halogens is 3. The molecule has 0 radical (unpaired) electrons. The van der Waals surface area contributed by atoms with Crippen LogP contribution in [0.5, 0.6) is 0 Å². The van der Waals surface area contributed by atoms with Crippen LogP contribution in [0.2, 0.25) is 0 Å². The van der Waals surface area contributed by atoms with Gasteiger partial charge in [-0.1, -0.05) is 0 Å². The number of aliphatic imine (C=N–C) groups is 1. The lowest BCUT2D eigenvalue weighted by Crippen LogP contribution is -2.48. The molecule has 6 nitrogen and oxygen atoms in total. The maximum absolute atomic E-state index is 12.2. The molecule has 0 fully saturated rings. The van der Waals surface area contributed by atoms with Gasteiger partial charge in [0.2, 0.25) is 5.91 Å². The standard InChI is InChI=1S/C15H30F3N5O/c1-11(2)23(12(3)4)8-7-20-14(19-5)21-9-13(24)22(6)10-15(16,17)18/h11-12H,7-10H2,1-6H3,(H2,19,20,21). The molecule has 0 atom stereocenters. The number of hydrogen-bond donors (Lipinski definition) is 2. The molecule has 0 aliphatic rings. The number of carbonyl (C=O) groups is 1. The van der Waals surface area contributed by atoms with E-state index in [9.17, 15) is 18.0 Å². The smallest absolute Gasteiger partial charge is 0.355 e. The maximum atomic E-state index is 12.2. The first-order valence-corrected chi connectivity index (χ1v) is 7.99. The molecule has 0 aliphatic heterocycles. The molecule has 0 heterocycles. The molecule has 0 saturated heterocycles. The number of nitrogens with zero attached hydrogens (tertiary/aromatic N) is 3. The van der Waals surface area contributed by atoms with Crippen molar-refractivity contribution in [1.82, 2.24) is 20.4 Å². The molecule has 1 amide bonds. The monoisotopic (exact) mass is 353 g/mol. The molecule has 0 spiro atoms. The Labute approximate surface area is 142 Å². The van der Waals surface area contributed by atoms with E-state index in [1.807, 2.05) is 0 Å². The van der Waals surface area contributed by atoms with E-state index in [0.29, 0.717) is 29.5 Å². The van der Waals surface area contributed by atoms with Crippen molar-refractivity contribution in [3.05, 3.63) is 0 Å². The van der Waals surface area contributed by atoms with Crippen LogP contribution < -0.4 is 10.6 Å². The topological polar surface area (TPSA) is 60.0 Å². The summed E-state index contributed by atoms with van der Waals surface area (Å²) in [5.74, 6) is -0.266. The molecular weight excluding hydrogens is 323 g/mol. The Kier molecular flexibility index (Phi) is 9.72. The van der Waals surface area contributed by atoms with Gasteiger partial charge in [0.05, 0.1) is 6.54 Å². The zero-order valence-electron chi connectivity index (χ0n) is 15.4. The number of nitrogens with one attached hydrogen (secondary N) is 2. The highest BCUT2D eigenvalue weighted by Gasteiger charge is 2.31. The molecule has 2 N–H and O–H groups in total. The summed E-state index contributed by atoms with van der Waals surface area (Å²) in [6.07, 6.45) is -4.40. The lowest BCUT2D eigenvalue weighted by atomic mass is 10.2. The van der Waals surface area contributed by atoms with Crippen LogP contribution in [0, 0.1) is 0 Å². The van der Waals surface area contributed by atoms with Gasteiger partial charge in [-0.15, -0.1) is 0 Å². The fourth-order valence-electron chi connectivity index (χ4n) is 2.29. The fraction of sp³-hybridized carbons (Fsp3) is 0.867. The zero-order chi connectivity index (χ0) is 18.9. The van der Waals surface area contributed by atoms with Gasteiger partial charge < -0.3 is 15.5 Å². The normalized spacial score (nSPS) is 12.9. The van der Waals surface area contributed by atoms with Crippen LogP contribution in [0.1, 0.15) is 27.7 Å². The molecule has 9 heteroatoms. The van der Waals surface area contributed by atoms with Crippen molar-refractivity contribution in [2.45, 2.75) is 46.0 Å². The molecule has 0 aromatic rings. The van der Waals surface area contributed by atoms with Crippen LogP contribution in [0.15, 0.2) is 4.99 Å². The third-order valence-electron chi connectivity index (χ3n) is 3.46. The molecule has 24 heavy (non-hydrogen) atoms. The highest BCUT2D eigenvalue weighted by Crippen LogP contribution is 2.15. The molecule has 0 saturated carbocycles. The molecular formula is C15H30F3N5O. The predicted octanol–water partition coefficient (Wildman–Crippen LogP) is 1.29. The third-order valence-corrected chi connectivity index (χ3v) is 3.46. The van der Waals surface area contributed by atoms with Crippen molar-refractivity contribution in [2.75, 3.05) is 40.3 Å². The van der Waals surface area contributed by atoms with Gasteiger partial charge in [0.15, 0.2) is 5.96 Å². The van der Waals surface area contributed by atoms with E-state index in [1.54, 1.807) is 7.05 Å². The number of amides is 1. The van der Waals surface area contributed by atoms with E-state index >= 15 is 0 Å². The van der Waals surface area contributed by atoms with Gasteiger partial charge in [0, 0.05) is 39.3 Å². The number of rotatable bonds is 8. The van der Waals surface area contributed by atoms with Gasteiger partial charge in [-0.2, -0.15) is 13.2 Å². The summed E-state index contributed by atoms with van der Waals surface area (Å²) in [6.45, 7) is 8.34. The number of guanidine groups is 1. The van der Waals surface area contributed by atoms with E-state index < -0.39 is 18.6 Å². The van der Waals surface area contributed by atoms with Crippen molar-refractivity contribution in [2.24, 2.45) is 4.99 Å². The Morgan fingerprint density at radius 1 is 1.12 bits per heavy atom. The summed E-state index contributed by atoms with van der Waals surface area (Å²) in [5, 5.41) is 5.79. The minimum Gasteiger partial charge on any atom is -0.355 e. The van der Waals surface area contributed by atoms with Gasteiger partial charge in [-0.05, 0) is 27.7 Å². The van der Waals surface area contributed by atoms with Crippen LogP contribution in [0.3, 0.4) is 0 Å². The van der Waals surface area contributed by atoms with E-state index in [1.165, 1.54) is 0 Å². The van der Waals surface area contributed by atoms with E-state index in [0.717, 1.165) is 13.6 Å². The number of carbonyl (C=O) groups excluding carboxylic acids is 1. The fourth-order valence-corrected chi connectivity index (χ4v) is 2.29. The van der Waals surface area contributed by atoms with Crippen molar-refractivity contribution in [3.8, 4) is 0 Å². The largest absolute Gasteiger partial charge is 0.406 e. The molecule has 0 aliphatic carbocycles. The lowest BCUT2D eigenvalue weighted by molar-refractivity contribution is -0.157. The average Bonchev–Trinajstić information content (AvgIpc) is 2.43. The summed E-state index contributed by atoms with van der Waals surface area (Å²) in [4.78, 5) is 18.6. The van der Waals surface area contributed by atoms with Gasteiger partial charge >= 0.3 is 6.18 Å². The summed E-state index contributed by atoms with van der Waals surface area (Å²) >= 11 is 0. The molecule has 0 aromatic heterocycles. The maximum Gasteiger partial charge on any atom is 0.406 e. The van der Waals surface area contributed by atoms with Gasteiger partial charge in [0.1, 0.15) is 6.54 Å².